The Morgan fingerprint density at radius 3 is 2.67 bits per heavy atom. The van der Waals surface area contributed by atoms with E-state index in [4.69, 9.17) is 23.2 Å². The van der Waals surface area contributed by atoms with Crippen LogP contribution in [0.1, 0.15) is 42.6 Å². The minimum absolute atomic E-state index is 0.0216. The Kier molecular flexibility index (Phi) is 4.01. The zero-order chi connectivity index (χ0) is 16.8. The molecule has 2 aromatic rings. The van der Waals surface area contributed by atoms with Crippen molar-refractivity contribution in [3.05, 3.63) is 46.0 Å². The smallest absolute Gasteiger partial charge is 0.226 e. The Morgan fingerprint density at radius 2 is 2.00 bits per heavy atom. The second kappa shape index (κ2) is 6.05. The van der Waals surface area contributed by atoms with Crippen LogP contribution in [0.15, 0.2) is 24.5 Å². The number of benzene rings is 1. The third-order valence-corrected chi connectivity index (χ3v) is 5.44. The Morgan fingerprint density at radius 1 is 1.25 bits per heavy atom. The molecule has 1 saturated carbocycles. The van der Waals surface area contributed by atoms with Gasteiger partial charge in [-0.25, -0.2) is 0 Å². The summed E-state index contributed by atoms with van der Waals surface area (Å²) < 4.78 is 1.90. The van der Waals surface area contributed by atoms with Gasteiger partial charge in [-0.2, -0.15) is 0 Å². The van der Waals surface area contributed by atoms with Crippen LogP contribution in [0, 0.1) is 5.92 Å². The molecule has 2 heterocycles. The van der Waals surface area contributed by atoms with E-state index < -0.39 is 0 Å². The molecule has 0 radical (unpaired) electrons. The summed E-state index contributed by atoms with van der Waals surface area (Å²) in [5, 5.41) is 9.38. The van der Waals surface area contributed by atoms with E-state index in [1.807, 2.05) is 28.6 Å². The molecule has 4 rings (SSSR count). The van der Waals surface area contributed by atoms with Crippen LogP contribution in [0.25, 0.3) is 0 Å². The summed E-state index contributed by atoms with van der Waals surface area (Å²) in [5.41, 5.74) is 1.06. The van der Waals surface area contributed by atoms with Crippen molar-refractivity contribution in [2.45, 2.75) is 31.2 Å². The van der Waals surface area contributed by atoms with Crippen molar-refractivity contribution in [2.24, 2.45) is 13.0 Å². The highest BCUT2D eigenvalue weighted by atomic mass is 35.5. The lowest BCUT2D eigenvalue weighted by molar-refractivity contribution is -0.133. The summed E-state index contributed by atoms with van der Waals surface area (Å²) in [6.45, 7) is 0.788. The van der Waals surface area contributed by atoms with Gasteiger partial charge in [-0.15, -0.1) is 10.2 Å². The first kappa shape index (κ1) is 15.9. The van der Waals surface area contributed by atoms with E-state index in [9.17, 15) is 4.79 Å². The molecule has 126 valence electrons. The topological polar surface area (TPSA) is 51.0 Å². The maximum absolute atomic E-state index is 13.0. The van der Waals surface area contributed by atoms with Crippen LogP contribution in [0.3, 0.4) is 0 Å². The molecule has 0 unspecified atom stereocenters. The van der Waals surface area contributed by atoms with E-state index >= 15 is 0 Å². The molecule has 7 heteroatoms. The molecule has 5 nitrogen and oxygen atoms in total. The fourth-order valence-corrected chi connectivity index (χ4v) is 4.27. The number of nitrogens with zero attached hydrogens (tertiary/aromatic N) is 4. The molecule has 1 saturated heterocycles. The van der Waals surface area contributed by atoms with Gasteiger partial charge in [0.1, 0.15) is 6.33 Å². The van der Waals surface area contributed by atoms with Crippen molar-refractivity contribution in [1.29, 1.82) is 0 Å². The van der Waals surface area contributed by atoms with Crippen LogP contribution in [-0.2, 0) is 11.8 Å². The Bertz CT molecular complexity index is 770. The molecule has 2 aliphatic rings. The number of carbonyl (C=O) groups is 1. The predicted molar refractivity (Wildman–Crippen MR) is 92.0 cm³/mol. The minimum Gasteiger partial charge on any atom is -0.332 e. The highest BCUT2D eigenvalue weighted by Gasteiger charge is 2.48. The standard InChI is InChI=1S/C17H18Cl2N4O/c1-22-9-20-21-16(22)15-3-2-4-23(15)17(24)14-8-13(14)10-5-11(18)7-12(19)6-10/h5-7,9,13-15H,2-4,8H2,1H3/t13-,14+,15+/m1/s1. The Balaban J connectivity index is 1.51. The first-order chi connectivity index (χ1) is 11.5. The molecule has 0 spiro atoms. The number of amides is 1. The lowest BCUT2D eigenvalue weighted by Crippen LogP contribution is -2.33. The number of carbonyl (C=O) groups excluding carboxylic acids is 1. The average Bonchev–Trinajstić information content (AvgIpc) is 2.99. The van der Waals surface area contributed by atoms with Gasteiger partial charge in [0.2, 0.25) is 5.91 Å². The minimum atomic E-state index is 0.0216. The average molecular weight is 365 g/mol. The maximum atomic E-state index is 13.0. The molecule has 3 atom stereocenters. The first-order valence-electron chi connectivity index (χ1n) is 8.15. The van der Waals surface area contributed by atoms with Gasteiger partial charge < -0.3 is 9.47 Å². The van der Waals surface area contributed by atoms with Crippen LogP contribution in [0.5, 0.6) is 0 Å². The summed E-state index contributed by atoms with van der Waals surface area (Å²) in [7, 11) is 1.92. The van der Waals surface area contributed by atoms with E-state index in [0.717, 1.165) is 37.2 Å². The molecular weight excluding hydrogens is 347 g/mol. The Hall–Kier alpha value is -1.59. The van der Waals surface area contributed by atoms with Crippen molar-refractivity contribution in [2.75, 3.05) is 6.54 Å². The van der Waals surface area contributed by atoms with Crippen molar-refractivity contribution < 1.29 is 4.79 Å². The molecule has 1 aromatic carbocycles. The molecule has 2 fully saturated rings. The number of aryl methyl sites for hydroxylation is 1. The highest BCUT2D eigenvalue weighted by molar-refractivity contribution is 6.34. The molecular formula is C17H18Cl2N4O. The van der Waals surface area contributed by atoms with Gasteiger partial charge in [-0.1, -0.05) is 23.2 Å². The zero-order valence-electron chi connectivity index (χ0n) is 13.3. The molecule has 1 aliphatic carbocycles. The van der Waals surface area contributed by atoms with E-state index in [1.54, 1.807) is 12.4 Å². The largest absolute Gasteiger partial charge is 0.332 e. The van der Waals surface area contributed by atoms with Gasteiger partial charge in [-0.3, -0.25) is 4.79 Å². The lowest BCUT2D eigenvalue weighted by Gasteiger charge is -2.24. The van der Waals surface area contributed by atoms with Crippen molar-refractivity contribution in [3.63, 3.8) is 0 Å². The van der Waals surface area contributed by atoms with Gasteiger partial charge in [-0.05, 0) is 48.9 Å². The number of hydrogen-bond donors (Lipinski definition) is 0. The normalized spacial score (nSPS) is 26.0. The van der Waals surface area contributed by atoms with Crippen molar-refractivity contribution >= 4 is 29.1 Å². The molecule has 1 amide bonds. The van der Waals surface area contributed by atoms with Crippen LogP contribution in [0.2, 0.25) is 10.0 Å². The number of likely N-dealkylation sites (tertiary alicyclic amines) is 1. The molecule has 24 heavy (non-hydrogen) atoms. The fraction of sp³-hybridized carbons (Fsp3) is 0.471. The monoisotopic (exact) mass is 364 g/mol. The summed E-state index contributed by atoms with van der Waals surface area (Å²) >= 11 is 12.2. The molecule has 0 N–H and O–H groups in total. The summed E-state index contributed by atoms with van der Waals surface area (Å²) in [5.74, 6) is 1.31. The van der Waals surface area contributed by atoms with E-state index in [0.29, 0.717) is 10.0 Å². The van der Waals surface area contributed by atoms with Crippen LogP contribution >= 0.6 is 23.2 Å². The van der Waals surface area contributed by atoms with Crippen molar-refractivity contribution in [1.82, 2.24) is 19.7 Å². The van der Waals surface area contributed by atoms with Crippen LogP contribution in [-0.4, -0.2) is 32.1 Å². The zero-order valence-corrected chi connectivity index (χ0v) is 14.8. The van der Waals surface area contributed by atoms with Crippen molar-refractivity contribution in [3.8, 4) is 0 Å². The Labute approximate surface area is 150 Å². The molecule has 1 aliphatic heterocycles. The van der Waals surface area contributed by atoms with E-state index in [2.05, 4.69) is 10.2 Å². The van der Waals surface area contributed by atoms with Gasteiger partial charge in [0.15, 0.2) is 5.82 Å². The van der Waals surface area contributed by atoms with Gasteiger partial charge in [0, 0.05) is 29.6 Å². The summed E-state index contributed by atoms with van der Waals surface area (Å²) in [4.78, 5) is 15.0. The SMILES string of the molecule is Cn1cnnc1[C@@H]1CCCN1C(=O)[C@H]1C[C@@H]1c1cc(Cl)cc(Cl)c1. The van der Waals surface area contributed by atoms with Gasteiger partial charge >= 0.3 is 0 Å². The quantitative estimate of drug-likeness (QED) is 0.835. The third kappa shape index (κ3) is 2.80. The molecule has 0 bridgehead atoms. The van der Waals surface area contributed by atoms with Gasteiger partial charge in [0.25, 0.3) is 0 Å². The number of halogens is 2. The highest BCUT2D eigenvalue weighted by Crippen LogP contribution is 2.50. The number of hydrogen-bond acceptors (Lipinski definition) is 3. The molecule has 1 aromatic heterocycles. The lowest BCUT2D eigenvalue weighted by atomic mass is 10.1. The van der Waals surface area contributed by atoms with Gasteiger partial charge in [0.05, 0.1) is 6.04 Å². The summed E-state index contributed by atoms with van der Waals surface area (Å²) in [6, 6.07) is 5.58. The second-order valence-electron chi connectivity index (χ2n) is 6.64. The first-order valence-corrected chi connectivity index (χ1v) is 8.90. The second-order valence-corrected chi connectivity index (χ2v) is 7.51. The fourth-order valence-electron chi connectivity index (χ4n) is 3.73. The van der Waals surface area contributed by atoms with Crippen LogP contribution in [0.4, 0.5) is 0 Å². The van der Waals surface area contributed by atoms with E-state index in [-0.39, 0.29) is 23.8 Å². The van der Waals surface area contributed by atoms with E-state index in [1.165, 1.54) is 0 Å². The predicted octanol–water partition coefficient (Wildman–Crippen LogP) is 3.59. The maximum Gasteiger partial charge on any atom is 0.226 e. The van der Waals surface area contributed by atoms with Crippen LogP contribution < -0.4 is 0 Å². The summed E-state index contributed by atoms with van der Waals surface area (Å²) in [6.07, 6.45) is 4.49. The number of aromatic nitrogens is 3. The number of rotatable bonds is 3. The third-order valence-electron chi connectivity index (χ3n) is 5.00.